The number of hydrogen-bond acceptors (Lipinski definition) is 3. The molecule has 1 aliphatic rings. The Morgan fingerprint density at radius 3 is 2.29 bits per heavy atom. The summed E-state index contributed by atoms with van der Waals surface area (Å²) in [5, 5.41) is 4.64. The van der Waals surface area contributed by atoms with Crippen LogP contribution >= 0.6 is 0 Å². The van der Waals surface area contributed by atoms with E-state index in [0.29, 0.717) is 0 Å². The first kappa shape index (κ1) is 21.3. The van der Waals surface area contributed by atoms with Crippen LogP contribution in [0.25, 0.3) is 77.2 Å². The maximum Gasteiger partial charge on any atom is 0.165 e. The fourth-order valence-electron chi connectivity index (χ4n) is 7.03. The van der Waals surface area contributed by atoms with Gasteiger partial charge in [-0.25, -0.2) is 9.97 Å². The summed E-state index contributed by atoms with van der Waals surface area (Å²) in [5.74, 6) is 0. The van der Waals surface area contributed by atoms with Crippen LogP contribution in [0.1, 0.15) is 11.1 Å². The molecule has 5 heterocycles. The zero-order valence-corrected chi connectivity index (χ0v) is 21.9. The molecular formula is C36H21N5. The number of hydrogen-bond donors (Lipinski definition) is 0. The third-order valence-corrected chi connectivity index (χ3v) is 8.77. The highest BCUT2D eigenvalue weighted by molar-refractivity contribution is 6.21. The average molecular weight is 524 g/mol. The Hall–Kier alpha value is -5.55. The first-order chi connectivity index (χ1) is 20.3. The van der Waals surface area contributed by atoms with Crippen LogP contribution in [0.4, 0.5) is 0 Å². The molecule has 0 radical (unpaired) electrons. The van der Waals surface area contributed by atoms with E-state index < -0.39 is 0 Å². The molecule has 0 unspecified atom stereocenters. The zero-order valence-electron chi connectivity index (χ0n) is 21.9. The Balaban J connectivity index is 1.43. The molecule has 0 saturated carbocycles. The van der Waals surface area contributed by atoms with Gasteiger partial charge in [0.1, 0.15) is 11.2 Å². The maximum absolute atomic E-state index is 5.10. The number of pyridine rings is 3. The van der Waals surface area contributed by atoms with Crippen molar-refractivity contribution >= 4 is 60.4 Å². The van der Waals surface area contributed by atoms with Gasteiger partial charge in [-0.05, 0) is 89.3 Å². The van der Waals surface area contributed by atoms with Crippen LogP contribution in [0.3, 0.4) is 0 Å². The van der Waals surface area contributed by atoms with Crippen molar-refractivity contribution < 1.29 is 0 Å². The quantitative estimate of drug-likeness (QED) is 0.204. The van der Waals surface area contributed by atoms with Crippen molar-refractivity contribution in [3.05, 3.63) is 127 Å². The summed E-state index contributed by atoms with van der Waals surface area (Å²) >= 11 is 0. The molecule has 4 aromatic carbocycles. The van der Waals surface area contributed by atoms with Crippen molar-refractivity contribution in [2.24, 2.45) is 0 Å². The standard InChI is InChI=1S/C36H21N5/c1-2-9-23(10-3-1)40-32-19-25-22(16-21-8-4-5-11-24(21)25)17-26(32)27-18-29-28(20-33(27)40)34-31(13-7-14-37-34)41-35(29)39-30-12-6-15-38-36(30)41/h1-15,17-20H,16H2. The van der Waals surface area contributed by atoms with Crippen molar-refractivity contribution in [3.63, 3.8) is 0 Å². The Bertz CT molecular complexity index is 2550. The SMILES string of the molecule is c1ccc(-n2c3cc4c(cc3c3cc5c(cc32)c2ncccc2n2c3ncccc3nc52)Cc2ccccc2-4)cc1. The summed E-state index contributed by atoms with van der Waals surface area (Å²) in [4.78, 5) is 14.7. The lowest BCUT2D eigenvalue weighted by Crippen LogP contribution is -1.96. The highest BCUT2D eigenvalue weighted by atomic mass is 15.1. The molecule has 0 spiro atoms. The van der Waals surface area contributed by atoms with Gasteiger partial charge >= 0.3 is 0 Å². The summed E-state index contributed by atoms with van der Waals surface area (Å²) in [7, 11) is 0. The van der Waals surface area contributed by atoms with Crippen molar-refractivity contribution in [2.75, 3.05) is 0 Å². The summed E-state index contributed by atoms with van der Waals surface area (Å²) in [5.41, 5.74) is 13.6. The van der Waals surface area contributed by atoms with E-state index in [1.54, 1.807) is 0 Å². The van der Waals surface area contributed by atoms with Gasteiger partial charge in [0.2, 0.25) is 0 Å². The monoisotopic (exact) mass is 523 g/mol. The minimum absolute atomic E-state index is 0.852. The molecule has 5 nitrogen and oxygen atoms in total. The fraction of sp³-hybridized carbons (Fsp3) is 0.0278. The molecular weight excluding hydrogens is 502 g/mol. The van der Waals surface area contributed by atoms with Gasteiger partial charge in [-0.1, -0.05) is 42.5 Å². The van der Waals surface area contributed by atoms with E-state index in [9.17, 15) is 0 Å². The Labute approximate surface area is 234 Å². The largest absolute Gasteiger partial charge is 0.309 e. The van der Waals surface area contributed by atoms with Gasteiger partial charge in [-0.2, -0.15) is 0 Å². The number of para-hydroxylation sites is 1. The molecule has 0 bridgehead atoms. The summed E-state index contributed by atoms with van der Waals surface area (Å²) in [6.07, 6.45) is 4.67. The molecule has 0 N–H and O–H groups in total. The van der Waals surface area contributed by atoms with Gasteiger partial charge < -0.3 is 4.57 Å². The minimum atomic E-state index is 0.852. The minimum Gasteiger partial charge on any atom is -0.309 e. The van der Waals surface area contributed by atoms with Crippen molar-refractivity contribution in [2.45, 2.75) is 6.42 Å². The van der Waals surface area contributed by atoms with Crippen molar-refractivity contribution in [1.82, 2.24) is 23.9 Å². The molecule has 0 aliphatic heterocycles. The van der Waals surface area contributed by atoms with E-state index in [2.05, 4.69) is 93.9 Å². The van der Waals surface area contributed by atoms with Crippen LogP contribution in [0, 0.1) is 0 Å². The van der Waals surface area contributed by atoms with E-state index in [0.717, 1.165) is 50.7 Å². The second kappa shape index (κ2) is 7.55. The first-order valence-electron chi connectivity index (χ1n) is 13.9. The number of nitrogens with zero attached hydrogens (tertiary/aromatic N) is 5. The second-order valence-corrected chi connectivity index (χ2v) is 10.9. The van der Waals surface area contributed by atoms with Crippen LogP contribution in [-0.2, 0) is 6.42 Å². The predicted octanol–water partition coefficient (Wildman–Crippen LogP) is 8.25. The first-order valence-corrected chi connectivity index (χ1v) is 13.9. The molecule has 5 aromatic heterocycles. The summed E-state index contributed by atoms with van der Waals surface area (Å²) in [6.45, 7) is 0. The van der Waals surface area contributed by atoms with E-state index in [4.69, 9.17) is 15.0 Å². The molecule has 41 heavy (non-hydrogen) atoms. The molecule has 1 aliphatic carbocycles. The normalized spacial score (nSPS) is 12.8. The van der Waals surface area contributed by atoms with E-state index in [1.165, 1.54) is 44.1 Å². The van der Waals surface area contributed by atoms with Gasteiger partial charge in [0.25, 0.3) is 0 Å². The zero-order chi connectivity index (χ0) is 26.7. The number of aromatic nitrogens is 5. The van der Waals surface area contributed by atoms with E-state index >= 15 is 0 Å². The van der Waals surface area contributed by atoms with Crippen LogP contribution < -0.4 is 0 Å². The van der Waals surface area contributed by atoms with Gasteiger partial charge in [0, 0.05) is 39.6 Å². The Kier molecular flexibility index (Phi) is 3.92. The van der Waals surface area contributed by atoms with Crippen molar-refractivity contribution in [3.8, 4) is 16.8 Å². The highest BCUT2D eigenvalue weighted by Crippen LogP contribution is 2.44. The molecule has 5 heteroatoms. The van der Waals surface area contributed by atoms with E-state index in [-0.39, 0.29) is 0 Å². The predicted molar refractivity (Wildman–Crippen MR) is 166 cm³/mol. The maximum atomic E-state index is 5.10. The van der Waals surface area contributed by atoms with Gasteiger partial charge in [-0.15, -0.1) is 0 Å². The van der Waals surface area contributed by atoms with E-state index in [1.807, 2.05) is 30.6 Å². The smallest absolute Gasteiger partial charge is 0.165 e. The lowest BCUT2D eigenvalue weighted by molar-refractivity contribution is 1.18. The molecule has 9 aromatic rings. The second-order valence-electron chi connectivity index (χ2n) is 10.9. The molecule has 0 atom stereocenters. The van der Waals surface area contributed by atoms with Crippen LogP contribution in [0.2, 0.25) is 0 Å². The topological polar surface area (TPSA) is 48.0 Å². The number of imidazole rings is 1. The lowest BCUT2D eigenvalue weighted by Gasteiger charge is -2.11. The van der Waals surface area contributed by atoms with Gasteiger partial charge in [0.05, 0.1) is 22.1 Å². The van der Waals surface area contributed by atoms with Crippen molar-refractivity contribution in [1.29, 1.82) is 0 Å². The summed E-state index contributed by atoms with van der Waals surface area (Å²) in [6, 6.07) is 37.0. The molecule has 0 amide bonds. The fourth-order valence-corrected chi connectivity index (χ4v) is 7.03. The lowest BCUT2D eigenvalue weighted by atomic mass is 10.0. The third-order valence-electron chi connectivity index (χ3n) is 8.77. The van der Waals surface area contributed by atoms with Crippen LogP contribution in [-0.4, -0.2) is 23.9 Å². The van der Waals surface area contributed by atoms with Crippen LogP contribution in [0.15, 0.2) is 116 Å². The molecule has 190 valence electrons. The Morgan fingerprint density at radius 2 is 1.34 bits per heavy atom. The average Bonchev–Trinajstić information content (AvgIpc) is 3.69. The molecule has 0 fully saturated rings. The molecule has 0 saturated heterocycles. The summed E-state index contributed by atoms with van der Waals surface area (Å²) < 4.78 is 4.57. The van der Waals surface area contributed by atoms with Gasteiger partial charge in [-0.3, -0.25) is 9.38 Å². The molecule has 10 rings (SSSR count). The number of rotatable bonds is 1. The third kappa shape index (κ3) is 2.72. The number of fused-ring (bicyclic) bond motifs is 14. The van der Waals surface area contributed by atoms with Gasteiger partial charge in [0.15, 0.2) is 5.65 Å². The number of benzene rings is 4. The Morgan fingerprint density at radius 1 is 0.537 bits per heavy atom. The highest BCUT2D eigenvalue weighted by Gasteiger charge is 2.23. The van der Waals surface area contributed by atoms with Crippen LogP contribution in [0.5, 0.6) is 0 Å².